The maximum atomic E-state index is 11.0. The molecule has 1 N–H and O–H groups in total. The van der Waals surface area contributed by atoms with E-state index >= 15 is 0 Å². The Hall–Kier alpha value is -2.53. The fraction of sp³-hybridized carbons (Fsp3) is 0.435. The smallest absolute Gasteiger partial charge is 0.216 e. The van der Waals surface area contributed by atoms with E-state index in [1.165, 1.54) is 16.8 Å². The van der Waals surface area contributed by atoms with Crippen molar-refractivity contribution in [2.75, 3.05) is 44.7 Å². The molecule has 0 bridgehead atoms. The number of carbonyl (C=O) groups excluding carboxylic acids is 1. The van der Waals surface area contributed by atoms with Crippen molar-refractivity contribution in [1.29, 1.82) is 0 Å². The largest absolute Gasteiger partial charge is 0.497 e. The van der Waals surface area contributed by atoms with Gasteiger partial charge in [0.1, 0.15) is 5.75 Å². The lowest BCUT2D eigenvalue weighted by Crippen LogP contribution is -2.47. The Morgan fingerprint density at radius 3 is 2.46 bits per heavy atom. The molecule has 28 heavy (non-hydrogen) atoms. The summed E-state index contributed by atoms with van der Waals surface area (Å²) in [5.41, 5.74) is 3.83. The van der Waals surface area contributed by atoms with Gasteiger partial charge in [-0.05, 0) is 36.6 Å². The fourth-order valence-corrected chi connectivity index (χ4v) is 3.73. The third-order valence-corrected chi connectivity index (χ3v) is 5.53. The molecule has 1 atom stereocenters. The number of hydrogen-bond donors (Lipinski definition) is 1. The monoisotopic (exact) mass is 381 g/mol. The van der Waals surface area contributed by atoms with Crippen molar-refractivity contribution < 1.29 is 9.53 Å². The number of rotatable bonds is 7. The number of anilines is 1. The predicted molar refractivity (Wildman–Crippen MR) is 114 cm³/mol. The molecule has 0 aliphatic carbocycles. The molecule has 5 heteroatoms. The highest BCUT2D eigenvalue weighted by Crippen LogP contribution is 2.26. The van der Waals surface area contributed by atoms with E-state index in [1.807, 2.05) is 6.07 Å². The molecule has 1 aliphatic rings. The highest BCUT2D eigenvalue weighted by Gasteiger charge is 2.22. The second-order valence-corrected chi connectivity index (χ2v) is 7.38. The Labute approximate surface area is 168 Å². The van der Waals surface area contributed by atoms with Crippen LogP contribution in [-0.4, -0.2) is 50.6 Å². The molecule has 5 nitrogen and oxygen atoms in total. The van der Waals surface area contributed by atoms with E-state index in [4.69, 9.17) is 4.74 Å². The van der Waals surface area contributed by atoms with Crippen LogP contribution in [-0.2, 0) is 11.2 Å². The third-order valence-electron chi connectivity index (χ3n) is 5.53. The van der Waals surface area contributed by atoms with Crippen LogP contribution >= 0.6 is 0 Å². The SMILES string of the molecule is COc1cccc(N2CCN(C(C)c3ccc(CCNC(C)=O)cc3)CC2)c1. The molecule has 2 aromatic carbocycles. The quantitative estimate of drug-likeness (QED) is 0.800. The topological polar surface area (TPSA) is 44.8 Å². The van der Waals surface area contributed by atoms with Crippen LogP contribution in [0, 0.1) is 0 Å². The number of ether oxygens (including phenoxy) is 1. The fourth-order valence-electron chi connectivity index (χ4n) is 3.73. The summed E-state index contributed by atoms with van der Waals surface area (Å²) in [6, 6.07) is 17.5. The maximum absolute atomic E-state index is 11.0. The third kappa shape index (κ3) is 5.26. The number of nitrogens with one attached hydrogen (secondary N) is 1. The number of piperazine rings is 1. The molecule has 1 aliphatic heterocycles. The van der Waals surface area contributed by atoms with E-state index in [0.717, 1.165) is 38.3 Å². The van der Waals surface area contributed by atoms with E-state index in [2.05, 4.69) is 64.5 Å². The number of benzene rings is 2. The number of hydrogen-bond acceptors (Lipinski definition) is 4. The van der Waals surface area contributed by atoms with Crippen molar-refractivity contribution in [3.05, 3.63) is 59.7 Å². The average molecular weight is 382 g/mol. The van der Waals surface area contributed by atoms with Gasteiger partial charge in [0, 0.05) is 57.4 Å². The van der Waals surface area contributed by atoms with E-state index in [1.54, 1.807) is 14.0 Å². The lowest BCUT2D eigenvalue weighted by molar-refractivity contribution is -0.118. The molecule has 1 heterocycles. The number of amides is 1. The van der Waals surface area contributed by atoms with Gasteiger partial charge in [-0.2, -0.15) is 0 Å². The zero-order valence-corrected chi connectivity index (χ0v) is 17.1. The van der Waals surface area contributed by atoms with E-state index < -0.39 is 0 Å². The lowest BCUT2D eigenvalue weighted by Gasteiger charge is -2.39. The van der Waals surface area contributed by atoms with E-state index in [0.29, 0.717) is 12.6 Å². The molecule has 1 fully saturated rings. The van der Waals surface area contributed by atoms with Gasteiger partial charge in [0.25, 0.3) is 0 Å². The van der Waals surface area contributed by atoms with Gasteiger partial charge in [0.05, 0.1) is 7.11 Å². The van der Waals surface area contributed by atoms with Crippen molar-refractivity contribution in [3.8, 4) is 5.75 Å². The Bertz CT molecular complexity index is 768. The predicted octanol–water partition coefficient (Wildman–Crippen LogP) is 3.26. The van der Waals surface area contributed by atoms with Crippen LogP contribution in [0.1, 0.15) is 31.0 Å². The standard InChI is InChI=1S/C23H31N3O2/c1-18(21-9-7-20(8-10-21)11-12-24-19(2)27)25-13-15-26(16-14-25)22-5-4-6-23(17-22)28-3/h4-10,17-18H,11-16H2,1-3H3,(H,24,27). The number of methoxy groups -OCH3 is 1. The second kappa shape index (κ2) is 9.60. The van der Waals surface area contributed by atoms with Crippen molar-refractivity contribution in [3.63, 3.8) is 0 Å². The van der Waals surface area contributed by atoms with Crippen molar-refractivity contribution in [2.24, 2.45) is 0 Å². The molecule has 0 radical (unpaired) electrons. The van der Waals surface area contributed by atoms with Gasteiger partial charge >= 0.3 is 0 Å². The summed E-state index contributed by atoms with van der Waals surface area (Å²) in [7, 11) is 1.71. The number of carbonyl (C=O) groups is 1. The zero-order valence-electron chi connectivity index (χ0n) is 17.1. The van der Waals surface area contributed by atoms with Crippen LogP contribution in [0.3, 0.4) is 0 Å². The summed E-state index contributed by atoms with van der Waals surface area (Å²) in [5.74, 6) is 0.935. The van der Waals surface area contributed by atoms with Gasteiger partial charge < -0.3 is 15.0 Å². The maximum Gasteiger partial charge on any atom is 0.216 e. The van der Waals surface area contributed by atoms with Crippen molar-refractivity contribution in [1.82, 2.24) is 10.2 Å². The molecule has 0 aromatic heterocycles. The molecule has 1 saturated heterocycles. The Balaban J connectivity index is 1.53. The summed E-state index contributed by atoms with van der Waals surface area (Å²) in [6.07, 6.45) is 0.869. The summed E-state index contributed by atoms with van der Waals surface area (Å²) in [4.78, 5) is 15.9. The second-order valence-electron chi connectivity index (χ2n) is 7.38. The average Bonchev–Trinajstić information content (AvgIpc) is 2.73. The molecule has 3 rings (SSSR count). The van der Waals surface area contributed by atoms with Crippen LogP contribution < -0.4 is 15.0 Å². The van der Waals surface area contributed by atoms with Gasteiger partial charge in [-0.25, -0.2) is 0 Å². The van der Waals surface area contributed by atoms with Gasteiger partial charge in [-0.1, -0.05) is 30.3 Å². The Kier molecular flexibility index (Phi) is 6.93. The van der Waals surface area contributed by atoms with Gasteiger partial charge in [0.2, 0.25) is 5.91 Å². The van der Waals surface area contributed by atoms with Gasteiger partial charge in [0.15, 0.2) is 0 Å². The van der Waals surface area contributed by atoms with Crippen LogP contribution in [0.25, 0.3) is 0 Å². The molecule has 1 amide bonds. The highest BCUT2D eigenvalue weighted by atomic mass is 16.5. The lowest BCUT2D eigenvalue weighted by atomic mass is 10.0. The first-order valence-electron chi connectivity index (χ1n) is 10.0. The summed E-state index contributed by atoms with van der Waals surface area (Å²) in [5, 5.41) is 2.85. The van der Waals surface area contributed by atoms with Gasteiger partial charge in [-0.15, -0.1) is 0 Å². The summed E-state index contributed by atoms with van der Waals surface area (Å²) < 4.78 is 5.35. The minimum atomic E-state index is 0.0262. The Morgan fingerprint density at radius 1 is 1.11 bits per heavy atom. The minimum absolute atomic E-state index is 0.0262. The van der Waals surface area contributed by atoms with Crippen LogP contribution in [0.2, 0.25) is 0 Å². The van der Waals surface area contributed by atoms with E-state index in [-0.39, 0.29) is 5.91 Å². The molecule has 2 aromatic rings. The highest BCUT2D eigenvalue weighted by molar-refractivity contribution is 5.72. The Morgan fingerprint density at radius 2 is 1.82 bits per heavy atom. The van der Waals surface area contributed by atoms with Crippen molar-refractivity contribution in [2.45, 2.75) is 26.3 Å². The van der Waals surface area contributed by atoms with Crippen molar-refractivity contribution >= 4 is 11.6 Å². The number of nitrogens with zero attached hydrogens (tertiary/aromatic N) is 2. The first-order chi connectivity index (χ1) is 13.6. The molecular formula is C23H31N3O2. The van der Waals surface area contributed by atoms with E-state index in [9.17, 15) is 4.79 Å². The minimum Gasteiger partial charge on any atom is -0.497 e. The normalized spacial score (nSPS) is 15.9. The molecule has 0 saturated carbocycles. The first-order valence-corrected chi connectivity index (χ1v) is 10.0. The van der Waals surface area contributed by atoms with Crippen LogP contribution in [0.5, 0.6) is 5.75 Å². The molecule has 0 spiro atoms. The van der Waals surface area contributed by atoms with Crippen LogP contribution in [0.4, 0.5) is 5.69 Å². The van der Waals surface area contributed by atoms with Gasteiger partial charge in [-0.3, -0.25) is 9.69 Å². The summed E-state index contributed by atoms with van der Waals surface area (Å²) >= 11 is 0. The molecule has 1 unspecified atom stereocenters. The molecule has 150 valence electrons. The zero-order chi connectivity index (χ0) is 19.9. The van der Waals surface area contributed by atoms with Crippen LogP contribution in [0.15, 0.2) is 48.5 Å². The summed E-state index contributed by atoms with van der Waals surface area (Å²) in [6.45, 7) is 8.66. The first kappa shape index (κ1) is 20.2. The molecular weight excluding hydrogens is 350 g/mol.